The summed E-state index contributed by atoms with van der Waals surface area (Å²) in [7, 11) is 2.22. The van der Waals surface area contributed by atoms with Crippen LogP contribution < -0.4 is 4.74 Å². The number of likely N-dealkylation sites (tertiary alicyclic amines) is 1. The summed E-state index contributed by atoms with van der Waals surface area (Å²) in [4.78, 5) is 2.46. The van der Waals surface area contributed by atoms with E-state index in [0.29, 0.717) is 6.04 Å². The highest BCUT2D eigenvalue weighted by atomic mass is 16.5. The van der Waals surface area contributed by atoms with E-state index in [1.54, 1.807) is 0 Å². The molecule has 1 heterocycles. The van der Waals surface area contributed by atoms with Crippen LogP contribution in [-0.4, -0.2) is 36.2 Å². The fourth-order valence-corrected chi connectivity index (χ4v) is 3.48. The zero-order valence-corrected chi connectivity index (χ0v) is 12.3. The monoisotopic (exact) mass is 275 g/mol. The van der Waals surface area contributed by atoms with Crippen molar-refractivity contribution < 1.29 is 9.84 Å². The van der Waals surface area contributed by atoms with Crippen LogP contribution in [-0.2, 0) is 6.42 Å². The number of ether oxygens (including phenoxy) is 1. The quantitative estimate of drug-likeness (QED) is 0.917. The molecule has 2 unspecified atom stereocenters. The number of piperidine rings is 1. The molecule has 0 amide bonds. The molecule has 1 aliphatic carbocycles. The molecule has 3 heteroatoms. The number of aliphatic hydroxyl groups is 1. The van der Waals surface area contributed by atoms with Gasteiger partial charge in [0.05, 0.1) is 12.7 Å². The molecule has 0 radical (unpaired) electrons. The lowest BCUT2D eigenvalue weighted by Crippen LogP contribution is -2.37. The molecular weight excluding hydrogens is 250 g/mol. The zero-order chi connectivity index (χ0) is 13.9. The van der Waals surface area contributed by atoms with E-state index in [1.807, 2.05) is 12.1 Å². The van der Waals surface area contributed by atoms with Crippen molar-refractivity contribution in [1.29, 1.82) is 0 Å². The average molecular weight is 275 g/mol. The Morgan fingerprint density at radius 1 is 1.30 bits per heavy atom. The fraction of sp³-hybridized carbons (Fsp3) is 0.647. The predicted molar refractivity (Wildman–Crippen MR) is 80.1 cm³/mol. The summed E-state index contributed by atoms with van der Waals surface area (Å²) < 4.78 is 5.91. The van der Waals surface area contributed by atoms with Gasteiger partial charge in [-0.2, -0.15) is 0 Å². The molecule has 1 N–H and O–H groups in total. The number of aryl methyl sites for hydroxylation is 1. The van der Waals surface area contributed by atoms with E-state index in [2.05, 4.69) is 18.0 Å². The normalized spacial score (nSPS) is 26.5. The summed E-state index contributed by atoms with van der Waals surface area (Å²) in [6, 6.07) is 6.81. The Morgan fingerprint density at radius 3 is 3.05 bits per heavy atom. The topological polar surface area (TPSA) is 32.7 Å². The third kappa shape index (κ3) is 2.99. The van der Waals surface area contributed by atoms with Crippen molar-refractivity contribution >= 4 is 0 Å². The van der Waals surface area contributed by atoms with Crippen LogP contribution in [0.5, 0.6) is 5.75 Å². The van der Waals surface area contributed by atoms with E-state index >= 15 is 0 Å². The van der Waals surface area contributed by atoms with Gasteiger partial charge >= 0.3 is 0 Å². The Morgan fingerprint density at radius 2 is 2.20 bits per heavy atom. The molecule has 0 spiro atoms. The van der Waals surface area contributed by atoms with Crippen molar-refractivity contribution in [2.75, 3.05) is 20.2 Å². The molecule has 2 atom stereocenters. The maximum atomic E-state index is 9.80. The van der Waals surface area contributed by atoms with Crippen LogP contribution in [0.4, 0.5) is 0 Å². The molecule has 1 saturated heterocycles. The summed E-state index contributed by atoms with van der Waals surface area (Å²) in [5.74, 6) is 0.955. The van der Waals surface area contributed by atoms with Gasteiger partial charge in [-0.05, 0) is 69.0 Å². The lowest BCUT2D eigenvalue weighted by Gasteiger charge is -2.32. The zero-order valence-electron chi connectivity index (χ0n) is 12.3. The lowest BCUT2D eigenvalue weighted by molar-refractivity contribution is 0.153. The van der Waals surface area contributed by atoms with Gasteiger partial charge in [-0.25, -0.2) is 0 Å². The number of fused-ring (bicyclic) bond motifs is 1. The van der Waals surface area contributed by atoms with Crippen molar-refractivity contribution in [2.24, 2.45) is 0 Å². The molecule has 2 aliphatic rings. The van der Waals surface area contributed by atoms with Gasteiger partial charge in [-0.1, -0.05) is 12.5 Å². The van der Waals surface area contributed by atoms with Crippen molar-refractivity contribution in [3.63, 3.8) is 0 Å². The summed E-state index contributed by atoms with van der Waals surface area (Å²) in [6.45, 7) is 2.01. The first-order valence-corrected chi connectivity index (χ1v) is 7.88. The molecule has 1 aromatic rings. The maximum Gasteiger partial charge on any atom is 0.119 e. The SMILES string of the molecule is CN1CCCCC1CCOc1ccc2c(c1)CCC2O. The van der Waals surface area contributed by atoms with E-state index in [0.717, 1.165) is 37.2 Å². The highest BCUT2D eigenvalue weighted by Crippen LogP contribution is 2.33. The molecule has 110 valence electrons. The number of hydrogen-bond donors (Lipinski definition) is 1. The third-order valence-electron chi connectivity index (χ3n) is 4.80. The van der Waals surface area contributed by atoms with Crippen molar-refractivity contribution in [1.82, 2.24) is 4.90 Å². The largest absolute Gasteiger partial charge is 0.494 e. The molecule has 20 heavy (non-hydrogen) atoms. The van der Waals surface area contributed by atoms with Crippen LogP contribution in [0.1, 0.15) is 49.3 Å². The van der Waals surface area contributed by atoms with Crippen molar-refractivity contribution in [3.8, 4) is 5.75 Å². The molecule has 0 aromatic heterocycles. The Bertz CT molecular complexity index is 460. The van der Waals surface area contributed by atoms with Gasteiger partial charge < -0.3 is 14.7 Å². The molecule has 3 nitrogen and oxygen atoms in total. The second-order valence-corrected chi connectivity index (χ2v) is 6.18. The minimum atomic E-state index is -0.269. The van der Waals surface area contributed by atoms with Gasteiger partial charge in [0.25, 0.3) is 0 Å². The fourth-order valence-electron chi connectivity index (χ4n) is 3.48. The molecular formula is C17H25NO2. The van der Waals surface area contributed by atoms with E-state index in [4.69, 9.17) is 4.74 Å². The van der Waals surface area contributed by atoms with E-state index in [9.17, 15) is 5.11 Å². The van der Waals surface area contributed by atoms with E-state index in [-0.39, 0.29) is 6.10 Å². The second-order valence-electron chi connectivity index (χ2n) is 6.18. The van der Waals surface area contributed by atoms with Gasteiger partial charge in [0.1, 0.15) is 5.75 Å². The van der Waals surface area contributed by atoms with Gasteiger partial charge in [0.2, 0.25) is 0 Å². The number of hydrogen-bond acceptors (Lipinski definition) is 3. The maximum absolute atomic E-state index is 9.80. The highest BCUT2D eigenvalue weighted by Gasteiger charge is 2.21. The molecule has 1 aliphatic heterocycles. The Labute approximate surface area is 121 Å². The van der Waals surface area contributed by atoms with Crippen LogP contribution in [0.25, 0.3) is 0 Å². The Balaban J connectivity index is 1.51. The van der Waals surface area contributed by atoms with Crippen LogP contribution in [0.2, 0.25) is 0 Å². The van der Waals surface area contributed by atoms with Gasteiger partial charge in [0.15, 0.2) is 0 Å². The minimum absolute atomic E-state index is 0.269. The number of aliphatic hydroxyl groups excluding tert-OH is 1. The number of nitrogens with zero attached hydrogens (tertiary/aromatic N) is 1. The average Bonchev–Trinajstić information content (AvgIpc) is 2.82. The number of benzene rings is 1. The molecule has 1 aromatic carbocycles. The van der Waals surface area contributed by atoms with Crippen molar-refractivity contribution in [3.05, 3.63) is 29.3 Å². The van der Waals surface area contributed by atoms with Crippen LogP contribution in [0, 0.1) is 0 Å². The predicted octanol–water partition coefficient (Wildman–Crippen LogP) is 2.92. The Hall–Kier alpha value is -1.06. The summed E-state index contributed by atoms with van der Waals surface area (Å²) >= 11 is 0. The number of rotatable bonds is 4. The van der Waals surface area contributed by atoms with Gasteiger partial charge in [-0.3, -0.25) is 0 Å². The molecule has 3 rings (SSSR count). The Kier molecular flexibility index (Phi) is 4.27. The second kappa shape index (κ2) is 6.15. The molecule has 0 saturated carbocycles. The van der Waals surface area contributed by atoms with E-state index < -0.39 is 0 Å². The smallest absolute Gasteiger partial charge is 0.119 e. The first kappa shape index (κ1) is 13.9. The van der Waals surface area contributed by atoms with E-state index in [1.165, 1.54) is 31.4 Å². The third-order valence-corrected chi connectivity index (χ3v) is 4.80. The molecule has 1 fully saturated rings. The van der Waals surface area contributed by atoms with Crippen LogP contribution in [0.3, 0.4) is 0 Å². The van der Waals surface area contributed by atoms with Crippen LogP contribution in [0.15, 0.2) is 18.2 Å². The van der Waals surface area contributed by atoms with Crippen LogP contribution >= 0.6 is 0 Å². The first-order valence-electron chi connectivity index (χ1n) is 7.88. The standard InChI is InChI=1S/C17H25NO2/c1-18-10-3-2-4-14(18)9-11-20-15-6-7-16-13(12-15)5-8-17(16)19/h6-7,12,14,17,19H,2-5,8-11H2,1H3. The summed E-state index contributed by atoms with van der Waals surface area (Å²) in [6.07, 6.45) is 6.65. The van der Waals surface area contributed by atoms with Crippen molar-refractivity contribution in [2.45, 2.75) is 50.7 Å². The highest BCUT2D eigenvalue weighted by molar-refractivity contribution is 5.39. The molecule has 0 bridgehead atoms. The van der Waals surface area contributed by atoms with Gasteiger partial charge in [-0.15, -0.1) is 0 Å². The summed E-state index contributed by atoms with van der Waals surface area (Å²) in [5, 5.41) is 9.80. The lowest BCUT2D eigenvalue weighted by atomic mass is 10.0. The van der Waals surface area contributed by atoms with Gasteiger partial charge in [0, 0.05) is 6.04 Å². The summed E-state index contributed by atoms with van der Waals surface area (Å²) in [5.41, 5.74) is 2.34. The first-order chi connectivity index (χ1) is 9.74. The minimum Gasteiger partial charge on any atom is -0.494 e.